The molecule has 0 aliphatic heterocycles. The first-order valence-corrected chi connectivity index (χ1v) is 10.4. The van der Waals surface area contributed by atoms with Gasteiger partial charge in [0.2, 0.25) is 5.88 Å². The lowest BCUT2D eigenvalue weighted by Crippen LogP contribution is -2.37. The zero-order valence-electron chi connectivity index (χ0n) is 18.1. The second-order valence-corrected chi connectivity index (χ2v) is 6.83. The Bertz CT molecular complexity index is 943. The summed E-state index contributed by atoms with van der Waals surface area (Å²) in [4.78, 5) is 9.04. The van der Waals surface area contributed by atoms with Crippen LogP contribution in [0.2, 0.25) is 0 Å². The van der Waals surface area contributed by atoms with Crippen molar-refractivity contribution in [1.82, 2.24) is 25.4 Å². The Morgan fingerprint density at radius 3 is 2.61 bits per heavy atom. The fourth-order valence-electron chi connectivity index (χ4n) is 3.03. The summed E-state index contributed by atoms with van der Waals surface area (Å²) in [5.74, 6) is 1.33. The van der Waals surface area contributed by atoms with E-state index in [2.05, 4.69) is 38.9 Å². The molecule has 164 valence electrons. The molecule has 3 aromatic rings. The van der Waals surface area contributed by atoms with Crippen molar-refractivity contribution in [2.75, 3.05) is 26.9 Å². The Morgan fingerprint density at radius 2 is 1.84 bits per heavy atom. The molecule has 0 unspecified atom stereocenters. The number of benzene rings is 1. The molecule has 0 radical (unpaired) electrons. The third kappa shape index (κ3) is 7.11. The number of aliphatic imine (C=N–C) groups is 1. The molecule has 0 fully saturated rings. The summed E-state index contributed by atoms with van der Waals surface area (Å²) in [6.07, 6.45) is 5.48. The predicted octanol–water partition coefficient (Wildman–Crippen LogP) is 2.61. The molecule has 2 N–H and O–H groups in total. The molecule has 8 heteroatoms. The van der Waals surface area contributed by atoms with Gasteiger partial charge < -0.3 is 20.1 Å². The normalized spacial score (nSPS) is 11.4. The maximum Gasteiger partial charge on any atom is 0.218 e. The van der Waals surface area contributed by atoms with Crippen LogP contribution in [0.25, 0.3) is 0 Å². The molecular weight excluding hydrogens is 392 g/mol. The lowest BCUT2D eigenvalue weighted by Gasteiger charge is -2.15. The van der Waals surface area contributed by atoms with Crippen molar-refractivity contribution in [1.29, 1.82) is 0 Å². The highest BCUT2D eigenvalue weighted by Crippen LogP contribution is 2.15. The quantitative estimate of drug-likeness (QED) is 0.281. The molecule has 1 aromatic carbocycles. The predicted molar refractivity (Wildman–Crippen MR) is 121 cm³/mol. The van der Waals surface area contributed by atoms with Gasteiger partial charge in [-0.3, -0.25) is 4.68 Å². The molecule has 8 nitrogen and oxygen atoms in total. The zero-order valence-corrected chi connectivity index (χ0v) is 18.1. The van der Waals surface area contributed by atoms with Gasteiger partial charge in [-0.25, -0.2) is 9.98 Å². The van der Waals surface area contributed by atoms with Crippen molar-refractivity contribution < 1.29 is 9.47 Å². The number of guanidine groups is 1. The third-order valence-corrected chi connectivity index (χ3v) is 4.58. The Morgan fingerprint density at radius 1 is 1.00 bits per heavy atom. The van der Waals surface area contributed by atoms with Gasteiger partial charge in [-0.05, 0) is 30.2 Å². The molecule has 0 bridgehead atoms. The average Bonchev–Trinajstić information content (AvgIpc) is 3.31. The smallest absolute Gasteiger partial charge is 0.218 e. The molecule has 0 spiro atoms. The van der Waals surface area contributed by atoms with E-state index in [1.54, 1.807) is 19.5 Å². The van der Waals surface area contributed by atoms with Crippen molar-refractivity contribution in [3.63, 3.8) is 0 Å². The van der Waals surface area contributed by atoms with Crippen molar-refractivity contribution in [3.05, 3.63) is 77.7 Å². The lowest BCUT2D eigenvalue weighted by atomic mass is 10.1. The standard InChI is InChI=1S/C23H30N6O2/c1-3-24-23(27-17-20-10-6-11-25-22(20)31-15-14-30-2)26-16-19-8-4-5-9-21(19)18-29-13-7-12-28-29/h4-13H,3,14-18H2,1-2H3,(H2,24,26,27). The van der Waals surface area contributed by atoms with Gasteiger partial charge in [-0.1, -0.05) is 30.3 Å². The van der Waals surface area contributed by atoms with E-state index in [4.69, 9.17) is 14.5 Å². The Balaban J connectivity index is 1.65. The maximum atomic E-state index is 5.71. The zero-order chi connectivity index (χ0) is 21.7. The largest absolute Gasteiger partial charge is 0.475 e. The van der Waals surface area contributed by atoms with Crippen LogP contribution >= 0.6 is 0 Å². The lowest BCUT2D eigenvalue weighted by molar-refractivity contribution is 0.143. The minimum Gasteiger partial charge on any atom is -0.475 e. The number of hydrogen-bond donors (Lipinski definition) is 2. The second-order valence-electron chi connectivity index (χ2n) is 6.83. The van der Waals surface area contributed by atoms with E-state index in [-0.39, 0.29) is 0 Å². The van der Waals surface area contributed by atoms with Gasteiger partial charge in [-0.2, -0.15) is 5.10 Å². The molecule has 2 heterocycles. The van der Waals surface area contributed by atoms with E-state index >= 15 is 0 Å². The summed E-state index contributed by atoms with van der Waals surface area (Å²) >= 11 is 0. The van der Waals surface area contributed by atoms with Gasteiger partial charge in [-0.15, -0.1) is 0 Å². The van der Waals surface area contributed by atoms with Gasteiger partial charge in [0.05, 0.1) is 19.7 Å². The summed E-state index contributed by atoms with van der Waals surface area (Å²) in [5.41, 5.74) is 3.35. The second kappa shape index (κ2) is 12.3. The maximum absolute atomic E-state index is 5.71. The van der Waals surface area contributed by atoms with Gasteiger partial charge in [0, 0.05) is 44.4 Å². The SMILES string of the molecule is CCNC(=NCc1cccnc1OCCOC)NCc1ccccc1Cn1cccn1. The van der Waals surface area contributed by atoms with Crippen LogP contribution in [0.1, 0.15) is 23.6 Å². The minimum absolute atomic E-state index is 0.454. The number of nitrogens with zero attached hydrogens (tertiary/aromatic N) is 4. The first-order chi connectivity index (χ1) is 15.3. The van der Waals surface area contributed by atoms with E-state index in [1.807, 2.05) is 42.1 Å². The summed E-state index contributed by atoms with van der Waals surface area (Å²) in [7, 11) is 1.65. The van der Waals surface area contributed by atoms with Gasteiger partial charge >= 0.3 is 0 Å². The van der Waals surface area contributed by atoms with E-state index in [0.717, 1.165) is 24.6 Å². The van der Waals surface area contributed by atoms with Crippen molar-refractivity contribution in [2.45, 2.75) is 26.6 Å². The van der Waals surface area contributed by atoms with Crippen LogP contribution in [0.5, 0.6) is 5.88 Å². The van der Waals surface area contributed by atoms with Gasteiger partial charge in [0.1, 0.15) is 6.61 Å². The van der Waals surface area contributed by atoms with Crippen LogP contribution in [0.3, 0.4) is 0 Å². The van der Waals surface area contributed by atoms with Crippen molar-refractivity contribution in [2.24, 2.45) is 4.99 Å². The topological polar surface area (TPSA) is 85.6 Å². The van der Waals surface area contributed by atoms with Crippen molar-refractivity contribution in [3.8, 4) is 5.88 Å². The van der Waals surface area contributed by atoms with Crippen LogP contribution < -0.4 is 15.4 Å². The van der Waals surface area contributed by atoms with E-state index in [0.29, 0.717) is 32.2 Å². The van der Waals surface area contributed by atoms with Crippen LogP contribution in [0.4, 0.5) is 0 Å². The summed E-state index contributed by atoms with van der Waals surface area (Å²) in [6, 6.07) is 14.1. The van der Waals surface area contributed by atoms with E-state index in [1.165, 1.54) is 11.1 Å². The number of ether oxygens (including phenoxy) is 2. The number of aromatic nitrogens is 3. The number of methoxy groups -OCH3 is 1. The van der Waals surface area contributed by atoms with Crippen LogP contribution in [0, 0.1) is 0 Å². The highest BCUT2D eigenvalue weighted by molar-refractivity contribution is 5.79. The summed E-state index contributed by atoms with van der Waals surface area (Å²) in [6.45, 7) is 5.64. The van der Waals surface area contributed by atoms with Gasteiger partial charge in [0.15, 0.2) is 5.96 Å². The number of rotatable bonds is 11. The molecule has 0 saturated carbocycles. The summed E-state index contributed by atoms with van der Waals surface area (Å²) in [5, 5.41) is 11.0. The minimum atomic E-state index is 0.454. The Kier molecular flexibility index (Phi) is 8.88. The molecule has 2 aromatic heterocycles. The molecule has 3 rings (SSSR count). The first kappa shape index (κ1) is 22.3. The highest BCUT2D eigenvalue weighted by Gasteiger charge is 2.07. The van der Waals surface area contributed by atoms with E-state index in [9.17, 15) is 0 Å². The fraction of sp³-hybridized carbons (Fsp3) is 0.348. The van der Waals surface area contributed by atoms with Crippen LogP contribution in [-0.2, 0) is 24.4 Å². The van der Waals surface area contributed by atoms with Gasteiger partial charge in [0.25, 0.3) is 0 Å². The fourth-order valence-corrected chi connectivity index (χ4v) is 3.03. The number of hydrogen-bond acceptors (Lipinski definition) is 5. The molecule has 0 saturated heterocycles. The van der Waals surface area contributed by atoms with Crippen LogP contribution in [-0.4, -0.2) is 47.6 Å². The number of pyridine rings is 1. The molecule has 31 heavy (non-hydrogen) atoms. The molecule has 0 amide bonds. The molecular formula is C23H30N6O2. The summed E-state index contributed by atoms with van der Waals surface area (Å²) < 4.78 is 12.7. The molecule has 0 aliphatic carbocycles. The number of nitrogens with one attached hydrogen (secondary N) is 2. The average molecular weight is 423 g/mol. The van der Waals surface area contributed by atoms with Crippen LogP contribution in [0.15, 0.2) is 66.0 Å². The third-order valence-electron chi connectivity index (χ3n) is 4.58. The Hall–Kier alpha value is -3.39. The monoisotopic (exact) mass is 422 g/mol. The van der Waals surface area contributed by atoms with Crippen molar-refractivity contribution >= 4 is 5.96 Å². The Labute approximate surface area is 183 Å². The molecule has 0 aliphatic rings. The molecule has 0 atom stereocenters. The van der Waals surface area contributed by atoms with E-state index < -0.39 is 0 Å². The first-order valence-electron chi connectivity index (χ1n) is 10.4. The highest BCUT2D eigenvalue weighted by atomic mass is 16.5.